The predicted octanol–water partition coefficient (Wildman–Crippen LogP) is 2.08. The Morgan fingerprint density at radius 3 is 2.56 bits per heavy atom. The van der Waals surface area contributed by atoms with Crippen LogP contribution in [0.15, 0.2) is 36.9 Å². The summed E-state index contributed by atoms with van der Waals surface area (Å²) in [5.74, 6) is -0.862. The largest absolute Gasteiger partial charge is 0.480 e. The van der Waals surface area contributed by atoms with E-state index in [1.165, 1.54) is 0 Å². The molecule has 0 bridgehead atoms. The highest BCUT2D eigenvalue weighted by Gasteiger charge is 2.23. The van der Waals surface area contributed by atoms with Crippen molar-refractivity contribution in [2.75, 3.05) is 20.7 Å². The maximum Gasteiger partial charge on any atom is 0.325 e. The zero-order valence-corrected chi connectivity index (χ0v) is 10.8. The first-order valence-electron chi connectivity index (χ1n) is 5.72. The van der Waals surface area contributed by atoms with Gasteiger partial charge in [0.25, 0.3) is 0 Å². The quantitative estimate of drug-likeness (QED) is 0.752. The van der Waals surface area contributed by atoms with Crippen LogP contribution < -0.4 is 0 Å². The second-order valence-corrected chi connectivity index (χ2v) is 4.14. The van der Waals surface area contributed by atoms with Gasteiger partial charge >= 0.3 is 5.97 Å². The normalized spacial score (nSPS) is 12.4. The van der Waals surface area contributed by atoms with Gasteiger partial charge in [0.2, 0.25) is 0 Å². The number of carboxylic acids is 1. The number of methoxy groups -OCH3 is 1. The second kappa shape index (κ2) is 6.93. The Morgan fingerprint density at radius 2 is 2.11 bits per heavy atom. The van der Waals surface area contributed by atoms with Gasteiger partial charge < -0.3 is 9.84 Å². The fourth-order valence-corrected chi connectivity index (χ4v) is 1.86. The molecule has 0 saturated carbocycles. The first kappa shape index (κ1) is 14.4. The van der Waals surface area contributed by atoms with Gasteiger partial charge in [-0.05, 0) is 18.2 Å². The van der Waals surface area contributed by atoms with E-state index < -0.39 is 12.0 Å². The smallest absolute Gasteiger partial charge is 0.325 e. The summed E-state index contributed by atoms with van der Waals surface area (Å²) >= 11 is 0. The lowest BCUT2D eigenvalue weighted by Crippen LogP contribution is -2.30. The molecule has 1 unspecified atom stereocenters. The molecule has 0 fully saturated rings. The molecule has 1 aromatic rings. The first-order valence-corrected chi connectivity index (χ1v) is 5.72. The fourth-order valence-electron chi connectivity index (χ4n) is 1.86. The summed E-state index contributed by atoms with van der Waals surface area (Å²) in [6.07, 6.45) is 1.69. The van der Waals surface area contributed by atoms with E-state index in [1.807, 2.05) is 24.3 Å². The minimum absolute atomic E-state index is 0.525. The standard InChI is InChI=1S/C14H19NO3/c1-4-9-15(2)13(14(16)17)12-7-5-11(6-8-12)10-18-3/h4-8,13H,1,9-10H2,2-3H3,(H,16,17). The average molecular weight is 249 g/mol. The molecule has 1 atom stereocenters. The third kappa shape index (κ3) is 3.68. The van der Waals surface area contributed by atoms with Gasteiger partial charge in [0.05, 0.1) is 6.61 Å². The van der Waals surface area contributed by atoms with Crippen molar-refractivity contribution >= 4 is 5.97 Å². The molecule has 0 heterocycles. The number of ether oxygens (including phenoxy) is 1. The minimum atomic E-state index is -0.862. The van der Waals surface area contributed by atoms with E-state index in [4.69, 9.17) is 4.74 Å². The van der Waals surface area contributed by atoms with E-state index in [1.54, 1.807) is 25.1 Å². The van der Waals surface area contributed by atoms with Crippen LogP contribution in [-0.4, -0.2) is 36.7 Å². The van der Waals surface area contributed by atoms with Gasteiger partial charge in [0.1, 0.15) is 6.04 Å². The number of rotatable bonds is 7. The van der Waals surface area contributed by atoms with Crippen LogP contribution >= 0.6 is 0 Å². The molecule has 0 aromatic heterocycles. The number of hydrogen-bond acceptors (Lipinski definition) is 3. The van der Waals surface area contributed by atoms with Crippen molar-refractivity contribution in [3.63, 3.8) is 0 Å². The van der Waals surface area contributed by atoms with Gasteiger partial charge in [0, 0.05) is 13.7 Å². The molecule has 0 aliphatic carbocycles. The Labute approximate surface area is 107 Å². The van der Waals surface area contributed by atoms with Crippen molar-refractivity contribution < 1.29 is 14.6 Å². The molecule has 4 nitrogen and oxygen atoms in total. The summed E-state index contributed by atoms with van der Waals surface area (Å²) in [6.45, 7) is 4.68. The molecule has 0 spiro atoms. The second-order valence-electron chi connectivity index (χ2n) is 4.14. The molecule has 1 aromatic carbocycles. The molecule has 4 heteroatoms. The van der Waals surface area contributed by atoms with Gasteiger partial charge in [-0.25, -0.2) is 0 Å². The minimum Gasteiger partial charge on any atom is -0.480 e. The molecule has 1 N–H and O–H groups in total. The van der Waals surface area contributed by atoms with E-state index >= 15 is 0 Å². The summed E-state index contributed by atoms with van der Waals surface area (Å²) in [7, 11) is 3.40. The van der Waals surface area contributed by atoms with Crippen LogP contribution in [0.4, 0.5) is 0 Å². The Hall–Kier alpha value is -1.65. The summed E-state index contributed by atoms with van der Waals surface area (Å²) in [5.41, 5.74) is 1.78. The predicted molar refractivity (Wildman–Crippen MR) is 70.4 cm³/mol. The average Bonchev–Trinajstić information content (AvgIpc) is 2.32. The van der Waals surface area contributed by atoms with Crippen LogP contribution in [0.3, 0.4) is 0 Å². The van der Waals surface area contributed by atoms with Crippen molar-refractivity contribution in [2.45, 2.75) is 12.6 Å². The Kier molecular flexibility index (Phi) is 5.55. The van der Waals surface area contributed by atoms with E-state index in [0.717, 1.165) is 11.1 Å². The first-order chi connectivity index (χ1) is 8.60. The number of nitrogens with zero attached hydrogens (tertiary/aromatic N) is 1. The molecular formula is C14H19NO3. The molecule has 0 amide bonds. The van der Waals surface area contributed by atoms with Crippen LogP contribution in [0.2, 0.25) is 0 Å². The molecule has 1 rings (SSSR count). The van der Waals surface area contributed by atoms with Gasteiger partial charge in [-0.1, -0.05) is 30.3 Å². The highest BCUT2D eigenvalue weighted by Crippen LogP contribution is 2.20. The van der Waals surface area contributed by atoms with Crippen LogP contribution in [-0.2, 0) is 16.1 Å². The summed E-state index contributed by atoms with van der Waals surface area (Å²) < 4.78 is 5.02. The topological polar surface area (TPSA) is 49.8 Å². The Bertz CT molecular complexity index is 400. The number of likely N-dealkylation sites (N-methyl/N-ethyl adjacent to an activating group) is 1. The van der Waals surface area contributed by atoms with Crippen molar-refractivity contribution in [3.05, 3.63) is 48.0 Å². The number of carbonyl (C=O) groups is 1. The Morgan fingerprint density at radius 1 is 1.50 bits per heavy atom. The highest BCUT2D eigenvalue weighted by molar-refractivity contribution is 5.75. The number of benzene rings is 1. The lowest BCUT2D eigenvalue weighted by molar-refractivity contribution is -0.142. The zero-order valence-electron chi connectivity index (χ0n) is 10.8. The summed E-state index contributed by atoms with van der Waals surface area (Å²) in [6, 6.07) is 6.77. The van der Waals surface area contributed by atoms with E-state index in [9.17, 15) is 9.90 Å². The summed E-state index contributed by atoms with van der Waals surface area (Å²) in [4.78, 5) is 13.1. The maximum absolute atomic E-state index is 11.3. The monoisotopic (exact) mass is 249 g/mol. The lowest BCUT2D eigenvalue weighted by Gasteiger charge is -2.23. The number of carboxylic acid groups (broad SMARTS) is 1. The van der Waals surface area contributed by atoms with E-state index in [-0.39, 0.29) is 0 Å². The van der Waals surface area contributed by atoms with Crippen molar-refractivity contribution in [2.24, 2.45) is 0 Å². The van der Waals surface area contributed by atoms with Crippen molar-refractivity contribution in [1.82, 2.24) is 4.90 Å². The van der Waals surface area contributed by atoms with Gasteiger partial charge in [-0.15, -0.1) is 6.58 Å². The molecule has 0 aliphatic rings. The maximum atomic E-state index is 11.3. The zero-order chi connectivity index (χ0) is 13.5. The van der Waals surface area contributed by atoms with Gasteiger partial charge in [0.15, 0.2) is 0 Å². The van der Waals surface area contributed by atoms with E-state index in [0.29, 0.717) is 13.2 Å². The third-order valence-electron chi connectivity index (χ3n) is 2.70. The van der Waals surface area contributed by atoms with Crippen LogP contribution in [0.5, 0.6) is 0 Å². The van der Waals surface area contributed by atoms with Crippen LogP contribution in [0.25, 0.3) is 0 Å². The van der Waals surface area contributed by atoms with Crippen LogP contribution in [0, 0.1) is 0 Å². The fraction of sp³-hybridized carbons (Fsp3) is 0.357. The molecule has 98 valence electrons. The lowest BCUT2D eigenvalue weighted by atomic mass is 10.0. The molecule has 0 saturated heterocycles. The van der Waals surface area contributed by atoms with E-state index in [2.05, 4.69) is 6.58 Å². The molecule has 0 aliphatic heterocycles. The third-order valence-corrected chi connectivity index (χ3v) is 2.70. The molecule has 18 heavy (non-hydrogen) atoms. The molecule has 0 radical (unpaired) electrons. The van der Waals surface area contributed by atoms with Crippen molar-refractivity contribution in [1.29, 1.82) is 0 Å². The van der Waals surface area contributed by atoms with Crippen LogP contribution in [0.1, 0.15) is 17.2 Å². The SMILES string of the molecule is C=CCN(C)C(C(=O)O)c1ccc(COC)cc1. The van der Waals surface area contributed by atoms with Gasteiger partial charge in [-0.3, -0.25) is 9.69 Å². The van der Waals surface area contributed by atoms with Crippen molar-refractivity contribution in [3.8, 4) is 0 Å². The Balaban J connectivity index is 2.92. The number of hydrogen-bond donors (Lipinski definition) is 1. The molecular weight excluding hydrogens is 230 g/mol. The highest BCUT2D eigenvalue weighted by atomic mass is 16.5. The number of aliphatic carboxylic acids is 1. The van der Waals surface area contributed by atoms with Gasteiger partial charge in [-0.2, -0.15) is 0 Å². The summed E-state index contributed by atoms with van der Waals surface area (Å²) in [5, 5.41) is 9.30.